The number of nitrogens with zero attached hydrogens (tertiary/aromatic N) is 4. The lowest BCUT2D eigenvalue weighted by molar-refractivity contribution is 0.384. The molecule has 0 amide bonds. The molecule has 1 aliphatic heterocycles. The minimum Gasteiger partial charge on any atom is -0.370 e. The van der Waals surface area contributed by atoms with E-state index in [1.165, 1.54) is 9.87 Å². The first-order valence-corrected chi connectivity index (χ1v) is 11.2. The number of anilines is 2. The van der Waals surface area contributed by atoms with Crippen LogP contribution in [0, 0.1) is 13.8 Å². The SMILES string of the molecule is Cc1ccc(NC(N)=NCCS(=O)(=O)N2CCN(c3ccccn3)CC2)cc1C. The number of aromatic nitrogens is 1. The van der Waals surface area contributed by atoms with E-state index in [-0.39, 0.29) is 18.3 Å². The average molecular weight is 417 g/mol. The summed E-state index contributed by atoms with van der Waals surface area (Å²) in [5.74, 6) is 1.02. The summed E-state index contributed by atoms with van der Waals surface area (Å²) >= 11 is 0. The normalized spacial score (nSPS) is 16.1. The number of guanidine groups is 1. The molecule has 1 aromatic carbocycles. The smallest absolute Gasteiger partial charge is 0.216 e. The average Bonchev–Trinajstić information content (AvgIpc) is 2.71. The Labute approximate surface area is 172 Å². The minimum absolute atomic E-state index is 0.0636. The second kappa shape index (κ2) is 9.23. The van der Waals surface area contributed by atoms with Gasteiger partial charge in [-0.15, -0.1) is 0 Å². The number of sulfonamides is 1. The van der Waals surface area contributed by atoms with Crippen LogP contribution in [0.15, 0.2) is 47.6 Å². The van der Waals surface area contributed by atoms with Gasteiger partial charge in [0.05, 0.1) is 12.3 Å². The zero-order valence-corrected chi connectivity index (χ0v) is 17.7. The van der Waals surface area contributed by atoms with Crippen LogP contribution in [0.1, 0.15) is 11.1 Å². The molecule has 0 atom stereocenters. The predicted octanol–water partition coefficient (Wildman–Crippen LogP) is 1.58. The van der Waals surface area contributed by atoms with Gasteiger partial charge in [0.1, 0.15) is 5.82 Å². The molecule has 1 fully saturated rings. The molecule has 0 bridgehead atoms. The van der Waals surface area contributed by atoms with Crippen LogP contribution in [0.5, 0.6) is 0 Å². The van der Waals surface area contributed by atoms with Gasteiger partial charge in [-0.05, 0) is 49.2 Å². The number of hydrogen-bond donors (Lipinski definition) is 2. The van der Waals surface area contributed by atoms with E-state index >= 15 is 0 Å². The third-order valence-electron chi connectivity index (χ3n) is 5.02. The third kappa shape index (κ3) is 5.68. The van der Waals surface area contributed by atoms with Gasteiger partial charge in [0.15, 0.2) is 5.96 Å². The Morgan fingerprint density at radius 2 is 1.90 bits per heavy atom. The van der Waals surface area contributed by atoms with Gasteiger partial charge in [0.2, 0.25) is 10.0 Å². The molecule has 1 aliphatic rings. The van der Waals surface area contributed by atoms with Crippen LogP contribution in [0.25, 0.3) is 0 Å². The standard InChI is InChI=1S/C20H28N6O2S/c1-16-6-7-18(15-17(16)2)24-20(21)23-9-14-29(27,28)26-12-10-25(11-13-26)19-5-3-4-8-22-19/h3-8,15H,9-14H2,1-2H3,(H3,21,23,24). The zero-order chi connectivity index (χ0) is 20.9. The molecule has 3 rings (SSSR count). The maximum Gasteiger partial charge on any atom is 0.216 e. The molecule has 156 valence electrons. The van der Waals surface area contributed by atoms with Gasteiger partial charge in [-0.2, -0.15) is 4.31 Å². The Balaban J connectivity index is 1.49. The summed E-state index contributed by atoms with van der Waals surface area (Å²) in [7, 11) is -3.37. The molecular weight excluding hydrogens is 388 g/mol. The molecule has 8 nitrogen and oxygen atoms in total. The summed E-state index contributed by atoms with van der Waals surface area (Å²) in [4.78, 5) is 10.6. The van der Waals surface area contributed by atoms with Crippen molar-refractivity contribution in [2.75, 3.05) is 48.7 Å². The summed E-state index contributed by atoms with van der Waals surface area (Å²) in [5.41, 5.74) is 9.08. The topological polar surface area (TPSA) is 104 Å². The fourth-order valence-electron chi connectivity index (χ4n) is 3.15. The predicted molar refractivity (Wildman–Crippen MR) is 118 cm³/mol. The summed E-state index contributed by atoms with van der Waals surface area (Å²) in [6.07, 6.45) is 1.74. The number of nitrogens with two attached hydrogens (primary N) is 1. The molecule has 0 spiro atoms. The number of aliphatic imine (C=N–C) groups is 1. The van der Waals surface area contributed by atoms with E-state index in [0.717, 1.165) is 17.1 Å². The van der Waals surface area contributed by atoms with Crippen LogP contribution >= 0.6 is 0 Å². The molecule has 0 radical (unpaired) electrons. The van der Waals surface area contributed by atoms with Gasteiger partial charge in [-0.3, -0.25) is 4.99 Å². The Hall–Kier alpha value is -2.65. The number of pyridine rings is 1. The number of piperazine rings is 1. The van der Waals surface area contributed by atoms with Crippen molar-refractivity contribution in [1.82, 2.24) is 9.29 Å². The fourth-order valence-corrected chi connectivity index (χ4v) is 4.45. The summed E-state index contributed by atoms with van der Waals surface area (Å²) in [5, 5.41) is 3.01. The molecular formula is C20H28N6O2S. The second-order valence-corrected chi connectivity index (χ2v) is 9.17. The Kier molecular flexibility index (Phi) is 6.71. The van der Waals surface area contributed by atoms with Crippen molar-refractivity contribution >= 4 is 27.5 Å². The molecule has 2 aromatic rings. The molecule has 1 saturated heterocycles. The monoisotopic (exact) mass is 416 g/mol. The highest BCUT2D eigenvalue weighted by Crippen LogP contribution is 2.15. The summed E-state index contributed by atoms with van der Waals surface area (Å²) in [6.45, 7) is 6.31. The first kappa shape index (κ1) is 21.1. The minimum atomic E-state index is -3.37. The van der Waals surface area contributed by atoms with Crippen molar-refractivity contribution in [3.05, 3.63) is 53.7 Å². The van der Waals surface area contributed by atoms with Gasteiger partial charge < -0.3 is 16.0 Å². The number of nitrogens with one attached hydrogen (secondary N) is 1. The highest BCUT2D eigenvalue weighted by atomic mass is 32.2. The Bertz CT molecular complexity index is 954. The fraction of sp³-hybridized carbons (Fsp3) is 0.400. The molecule has 3 N–H and O–H groups in total. The van der Waals surface area contributed by atoms with E-state index in [0.29, 0.717) is 26.2 Å². The molecule has 1 aromatic heterocycles. The van der Waals surface area contributed by atoms with Crippen molar-refractivity contribution in [1.29, 1.82) is 0 Å². The first-order chi connectivity index (χ1) is 13.8. The number of aryl methyl sites for hydroxylation is 2. The molecule has 0 aliphatic carbocycles. The zero-order valence-electron chi connectivity index (χ0n) is 16.9. The van der Waals surface area contributed by atoms with Crippen molar-refractivity contribution in [2.24, 2.45) is 10.7 Å². The van der Waals surface area contributed by atoms with E-state index < -0.39 is 10.0 Å². The first-order valence-electron chi connectivity index (χ1n) is 9.63. The Morgan fingerprint density at radius 3 is 2.55 bits per heavy atom. The van der Waals surface area contributed by atoms with E-state index in [1.807, 2.05) is 50.2 Å². The largest absolute Gasteiger partial charge is 0.370 e. The number of rotatable bonds is 6. The molecule has 0 saturated carbocycles. The van der Waals surface area contributed by atoms with E-state index in [4.69, 9.17) is 5.73 Å². The van der Waals surface area contributed by atoms with Gasteiger partial charge in [-0.25, -0.2) is 13.4 Å². The maximum atomic E-state index is 12.6. The van der Waals surface area contributed by atoms with Crippen molar-refractivity contribution < 1.29 is 8.42 Å². The molecule has 29 heavy (non-hydrogen) atoms. The lowest BCUT2D eigenvalue weighted by atomic mass is 10.1. The van der Waals surface area contributed by atoms with Crippen LogP contribution in [0.4, 0.5) is 11.5 Å². The summed E-state index contributed by atoms with van der Waals surface area (Å²) in [6, 6.07) is 11.6. The maximum absolute atomic E-state index is 12.6. The van der Waals surface area contributed by atoms with Crippen LogP contribution in [0.3, 0.4) is 0 Å². The number of benzene rings is 1. The van der Waals surface area contributed by atoms with Gasteiger partial charge in [0.25, 0.3) is 0 Å². The lowest BCUT2D eigenvalue weighted by Gasteiger charge is -2.34. The van der Waals surface area contributed by atoms with Crippen LogP contribution in [0.2, 0.25) is 0 Å². The van der Waals surface area contributed by atoms with Crippen LogP contribution in [-0.4, -0.2) is 62.1 Å². The van der Waals surface area contributed by atoms with E-state index in [2.05, 4.69) is 20.2 Å². The van der Waals surface area contributed by atoms with Gasteiger partial charge >= 0.3 is 0 Å². The van der Waals surface area contributed by atoms with Crippen LogP contribution in [-0.2, 0) is 10.0 Å². The molecule has 2 heterocycles. The lowest BCUT2D eigenvalue weighted by Crippen LogP contribution is -2.49. The van der Waals surface area contributed by atoms with Crippen molar-refractivity contribution in [2.45, 2.75) is 13.8 Å². The van der Waals surface area contributed by atoms with Crippen LogP contribution < -0.4 is 16.0 Å². The van der Waals surface area contributed by atoms with Crippen molar-refractivity contribution in [3.63, 3.8) is 0 Å². The van der Waals surface area contributed by atoms with Crippen molar-refractivity contribution in [3.8, 4) is 0 Å². The molecule has 9 heteroatoms. The quantitative estimate of drug-likeness (QED) is 0.547. The van der Waals surface area contributed by atoms with Gasteiger partial charge in [-0.1, -0.05) is 12.1 Å². The highest BCUT2D eigenvalue weighted by molar-refractivity contribution is 7.89. The van der Waals surface area contributed by atoms with Gasteiger partial charge in [0, 0.05) is 38.1 Å². The molecule has 0 unspecified atom stereocenters. The van der Waals surface area contributed by atoms with E-state index in [9.17, 15) is 8.42 Å². The number of hydrogen-bond acceptors (Lipinski definition) is 5. The Morgan fingerprint density at radius 1 is 1.14 bits per heavy atom. The second-order valence-electron chi connectivity index (χ2n) is 7.08. The summed E-state index contributed by atoms with van der Waals surface area (Å²) < 4.78 is 26.7. The third-order valence-corrected chi connectivity index (χ3v) is 6.87. The van der Waals surface area contributed by atoms with E-state index in [1.54, 1.807) is 6.20 Å². The highest BCUT2D eigenvalue weighted by Gasteiger charge is 2.26.